The first-order valence-electron chi connectivity index (χ1n) is 5.19. The average molecular weight is 224 g/mol. The van der Waals surface area contributed by atoms with Crippen molar-refractivity contribution < 1.29 is 19.7 Å². The van der Waals surface area contributed by atoms with Crippen molar-refractivity contribution in [2.45, 2.75) is 26.2 Å². The minimum Gasteiger partial charge on any atom is -0.504 e. The summed E-state index contributed by atoms with van der Waals surface area (Å²) in [5.41, 5.74) is 0.428. The van der Waals surface area contributed by atoms with Crippen molar-refractivity contribution in [3.8, 4) is 17.2 Å². The van der Waals surface area contributed by atoms with Crippen LogP contribution in [-0.4, -0.2) is 23.1 Å². The molecule has 0 unspecified atom stereocenters. The van der Waals surface area contributed by atoms with Gasteiger partial charge in [0.05, 0.1) is 7.11 Å². The molecule has 1 aromatic rings. The lowest BCUT2D eigenvalue weighted by atomic mass is 10.0. The normalized spacial score (nSPS) is 10.1. The van der Waals surface area contributed by atoms with Crippen LogP contribution in [0.15, 0.2) is 12.1 Å². The van der Waals surface area contributed by atoms with Gasteiger partial charge in [0.15, 0.2) is 11.5 Å². The fourth-order valence-electron chi connectivity index (χ4n) is 1.49. The number of rotatable bonds is 5. The molecule has 4 nitrogen and oxygen atoms in total. The summed E-state index contributed by atoms with van der Waals surface area (Å²) >= 11 is 0. The molecule has 0 aliphatic rings. The van der Waals surface area contributed by atoms with Crippen LogP contribution in [0.25, 0.3) is 0 Å². The van der Waals surface area contributed by atoms with Gasteiger partial charge in [0.1, 0.15) is 5.78 Å². The number of aromatic hydroxyl groups is 2. The van der Waals surface area contributed by atoms with Crippen molar-refractivity contribution in [1.29, 1.82) is 0 Å². The first kappa shape index (κ1) is 12.4. The molecular weight excluding hydrogens is 208 g/mol. The summed E-state index contributed by atoms with van der Waals surface area (Å²) in [6.07, 6.45) is 1.39. The fourth-order valence-corrected chi connectivity index (χ4v) is 1.49. The molecule has 16 heavy (non-hydrogen) atoms. The SMILES string of the molecule is CCCC(=O)Cc1ccc(OC)c(O)c1O. The molecule has 0 aliphatic heterocycles. The third-order valence-corrected chi connectivity index (χ3v) is 2.33. The maximum atomic E-state index is 11.4. The predicted octanol–water partition coefficient (Wildman–Crippen LogP) is 2.02. The molecule has 88 valence electrons. The summed E-state index contributed by atoms with van der Waals surface area (Å²) in [4.78, 5) is 11.4. The summed E-state index contributed by atoms with van der Waals surface area (Å²) in [5, 5.41) is 19.2. The Labute approximate surface area is 94.5 Å². The Kier molecular flexibility index (Phi) is 4.17. The van der Waals surface area contributed by atoms with Crippen LogP contribution < -0.4 is 4.74 Å². The molecule has 0 radical (unpaired) electrons. The van der Waals surface area contributed by atoms with Crippen molar-refractivity contribution in [1.82, 2.24) is 0 Å². The molecule has 0 bridgehead atoms. The summed E-state index contributed by atoms with van der Waals surface area (Å²) in [6, 6.07) is 3.12. The fraction of sp³-hybridized carbons (Fsp3) is 0.417. The van der Waals surface area contributed by atoms with E-state index in [2.05, 4.69) is 0 Å². The predicted molar refractivity (Wildman–Crippen MR) is 59.9 cm³/mol. The summed E-state index contributed by atoms with van der Waals surface area (Å²) in [7, 11) is 1.40. The van der Waals surface area contributed by atoms with E-state index < -0.39 is 0 Å². The monoisotopic (exact) mass is 224 g/mol. The second-order valence-corrected chi connectivity index (χ2v) is 3.59. The van der Waals surface area contributed by atoms with Crippen LogP contribution in [0.5, 0.6) is 17.2 Å². The maximum absolute atomic E-state index is 11.4. The summed E-state index contributed by atoms with van der Waals surface area (Å²) < 4.78 is 4.84. The van der Waals surface area contributed by atoms with Crippen LogP contribution in [0.3, 0.4) is 0 Å². The molecule has 0 aliphatic carbocycles. The Morgan fingerprint density at radius 3 is 2.56 bits per heavy atom. The molecular formula is C12H16O4. The van der Waals surface area contributed by atoms with E-state index in [-0.39, 0.29) is 29.5 Å². The van der Waals surface area contributed by atoms with E-state index in [1.807, 2.05) is 6.92 Å². The Bertz CT molecular complexity index is 385. The smallest absolute Gasteiger partial charge is 0.200 e. The first-order valence-corrected chi connectivity index (χ1v) is 5.19. The standard InChI is InChI=1S/C12H16O4/c1-3-4-9(13)7-8-5-6-10(16-2)12(15)11(8)14/h5-6,14-15H,3-4,7H2,1-2H3. The van der Waals surface area contributed by atoms with Crippen molar-refractivity contribution in [3.05, 3.63) is 17.7 Å². The largest absolute Gasteiger partial charge is 0.504 e. The number of phenolic OH excluding ortho intramolecular Hbond substituents is 2. The molecule has 0 atom stereocenters. The Hall–Kier alpha value is -1.71. The zero-order valence-corrected chi connectivity index (χ0v) is 9.49. The number of phenols is 2. The molecule has 0 saturated heterocycles. The Balaban J connectivity index is 2.90. The molecule has 2 N–H and O–H groups in total. The molecule has 0 aromatic heterocycles. The van der Waals surface area contributed by atoms with Crippen LogP contribution in [0, 0.1) is 0 Å². The van der Waals surface area contributed by atoms with E-state index in [1.54, 1.807) is 6.07 Å². The average Bonchev–Trinajstić information content (AvgIpc) is 2.25. The second-order valence-electron chi connectivity index (χ2n) is 3.59. The second kappa shape index (κ2) is 5.39. The zero-order valence-electron chi connectivity index (χ0n) is 9.49. The maximum Gasteiger partial charge on any atom is 0.200 e. The van der Waals surface area contributed by atoms with Gasteiger partial charge in [0.2, 0.25) is 5.75 Å². The van der Waals surface area contributed by atoms with Gasteiger partial charge in [0, 0.05) is 18.4 Å². The van der Waals surface area contributed by atoms with E-state index in [4.69, 9.17) is 4.74 Å². The molecule has 4 heteroatoms. The van der Waals surface area contributed by atoms with Crippen LogP contribution in [0.4, 0.5) is 0 Å². The van der Waals surface area contributed by atoms with Crippen LogP contribution >= 0.6 is 0 Å². The van der Waals surface area contributed by atoms with E-state index in [1.165, 1.54) is 13.2 Å². The molecule has 0 spiro atoms. The number of carbonyl (C=O) groups is 1. The third-order valence-electron chi connectivity index (χ3n) is 2.33. The van der Waals surface area contributed by atoms with E-state index in [0.717, 1.165) is 6.42 Å². The molecule has 1 rings (SSSR count). The lowest BCUT2D eigenvalue weighted by molar-refractivity contribution is -0.118. The molecule has 0 heterocycles. The number of carbonyl (C=O) groups excluding carboxylic acids is 1. The van der Waals surface area contributed by atoms with Gasteiger partial charge in [-0.1, -0.05) is 13.0 Å². The van der Waals surface area contributed by atoms with Crippen molar-refractivity contribution in [3.63, 3.8) is 0 Å². The number of Topliss-reactive ketones (excluding diaryl/α,β-unsaturated/α-hetero) is 1. The van der Waals surface area contributed by atoms with E-state index in [9.17, 15) is 15.0 Å². The van der Waals surface area contributed by atoms with Gasteiger partial charge in [-0.2, -0.15) is 0 Å². The Morgan fingerprint density at radius 2 is 2.00 bits per heavy atom. The van der Waals surface area contributed by atoms with Gasteiger partial charge < -0.3 is 14.9 Å². The molecule has 0 saturated carbocycles. The van der Waals surface area contributed by atoms with Gasteiger partial charge in [-0.3, -0.25) is 4.79 Å². The number of benzene rings is 1. The van der Waals surface area contributed by atoms with Crippen molar-refractivity contribution >= 4 is 5.78 Å². The number of methoxy groups -OCH3 is 1. The van der Waals surface area contributed by atoms with Gasteiger partial charge in [0.25, 0.3) is 0 Å². The number of ether oxygens (including phenoxy) is 1. The van der Waals surface area contributed by atoms with Gasteiger partial charge in [-0.15, -0.1) is 0 Å². The topological polar surface area (TPSA) is 66.8 Å². The molecule has 0 amide bonds. The van der Waals surface area contributed by atoms with Gasteiger partial charge in [-0.25, -0.2) is 0 Å². The number of hydrogen-bond acceptors (Lipinski definition) is 4. The lowest BCUT2D eigenvalue weighted by Gasteiger charge is -2.09. The van der Waals surface area contributed by atoms with Crippen molar-refractivity contribution in [2.24, 2.45) is 0 Å². The molecule has 0 fully saturated rings. The van der Waals surface area contributed by atoms with Crippen LogP contribution in [0.2, 0.25) is 0 Å². The number of ketones is 1. The quantitative estimate of drug-likeness (QED) is 0.751. The number of hydrogen-bond donors (Lipinski definition) is 2. The highest BCUT2D eigenvalue weighted by Crippen LogP contribution is 2.38. The van der Waals surface area contributed by atoms with Crippen LogP contribution in [-0.2, 0) is 11.2 Å². The zero-order chi connectivity index (χ0) is 12.1. The minimum absolute atomic E-state index is 0.0439. The summed E-state index contributed by atoms with van der Waals surface area (Å²) in [6.45, 7) is 1.92. The van der Waals surface area contributed by atoms with Gasteiger partial charge >= 0.3 is 0 Å². The molecule has 1 aromatic carbocycles. The minimum atomic E-state index is -0.315. The third kappa shape index (κ3) is 2.66. The highest BCUT2D eigenvalue weighted by molar-refractivity contribution is 5.82. The van der Waals surface area contributed by atoms with Crippen LogP contribution in [0.1, 0.15) is 25.3 Å². The Morgan fingerprint density at radius 1 is 1.31 bits per heavy atom. The lowest BCUT2D eigenvalue weighted by Crippen LogP contribution is -2.02. The van der Waals surface area contributed by atoms with E-state index >= 15 is 0 Å². The first-order chi connectivity index (χ1) is 7.60. The van der Waals surface area contributed by atoms with Gasteiger partial charge in [-0.05, 0) is 12.5 Å². The summed E-state index contributed by atoms with van der Waals surface area (Å²) in [5.74, 6) is -0.348. The highest BCUT2D eigenvalue weighted by Gasteiger charge is 2.14. The van der Waals surface area contributed by atoms with Crippen molar-refractivity contribution in [2.75, 3.05) is 7.11 Å². The van der Waals surface area contributed by atoms with E-state index in [0.29, 0.717) is 12.0 Å². The highest BCUT2D eigenvalue weighted by atomic mass is 16.5.